The van der Waals surface area contributed by atoms with Crippen LogP contribution >= 0.6 is 0 Å². The summed E-state index contributed by atoms with van der Waals surface area (Å²) < 4.78 is 0. The Morgan fingerprint density at radius 2 is 1.86 bits per heavy atom. The number of para-hydroxylation sites is 1. The standard InChI is InChI=1S/C15H21N3O3/c1-4-10(2)17-15(21)18-14(20)9-16-13-8-6-5-7-12(13)11(3)19/h5-8,10,16H,4,9H2,1-3H3,(H2,17,18,20,21). The van der Waals surface area contributed by atoms with Gasteiger partial charge in [-0.1, -0.05) is 19.1 Å². The number of rotatable bonds is 6. The number of urea groups is 1. The van der Waals surface area contributed by atoms with Crippen LogP contribution in [0.5, 0.6) is 0 Å². The first kappa shape index (κ1) is 16.7. The third-order valence-electron chi connectivity index (χ3n) is 2.99. The minimum Gasteiger partial charge on any atom is -0.376 e. The van der Waals surface area contributed by atoms with E-state index in [1.165, 1.54) is 6.92 Å². The van der Waals surface area contributed by atoms with Gasteiger partial charge in [0.05, 0.1) is 6.54 Å². The molecule has 1 atom stereocenters. The van der Waals surface area contributed by atoms with Gasteiger partial charge in [-0.2, -0.15) is 0 Å². The van der Waals surface area contributed by atoms with Crippen molar-refractivity contribution in [3.8, 4) is 0 Å². The minimum absolute atomic E-state index is 0.00389. The fourth-order valence-electron chi connectivity index (χ4n) is 1.65. The summed E-state index contributed by atoms with van der Waals surface area (Å²) in [5, 5.41) is 7.72. The average Bonchev–Trinajstić information content (AvgIpc) is 2.44. The molecule has 6 nitrogen and oxygen atoms in total. The fourth-order valence-corrected chi connectivity index (χ4v) is 1.65. The second-order valence-electron chi connectivity index (χ2n) is 4.79. The number of anilines is 1. The molecule has 6 heteroatoms. The molecule has 21 heavy (non-hydrogen) atoms. The molecule has 0 aliphatic rings. The summed E-state index contributed by atoms with van der Waals surface area (Å²) in [5.41, 5.74) is 1.08. The normalized spacial score (nSPS) is 11.4. The van der Waals surface area contributed by atoms with Gasteiger partial charge in [0.2, 0.25) is 5.91 Å². The average molecular weight is 291 g/mol. The van der Waals surface area contributed by atoms with E-state index < -0.39 is 11.9 Å². The molecule has 0 aromatic heterocycles. The molecular weight excluding hydrogens is 270 g/mol. The van der Waals surface area contributed by atoms with Gasteiger partial charge in [0, 0.05) is 17.3 Å². The summed E-state index contributed by atoms with van der Waals surface area (Å²) in [6.07, 6.45) is 0.784. The highest BCUT2D eigenvalue weighted by Gasteiger charge is 2.11. The maximum absolute atomic E-state index is 11.7. The molecule has 3 amide bonds. The van der Waals surface area contributed by atoms with E-state index in [9.17, 15) is 14.4 Å². The van der Waals surface area contributed by atoms with E-state index in [0.717, 1.165) is 6.42 Å². The highest BCUT2D eigenvalue weighted by Crippen LogP contribution is 2.14. The van der Waals surface area contributed by atoms with Crippen molar-refractivity contribution >= 4 is 23.4 Å². The maximum Gasteiger partial charge on any atom is 0.321 e. The second kappa shape index (κ2) is 8.04. The number of imide groups is 1. The van der Waals surface area contributed by atoms with Crippen LogP contribution in [0.15, 0.2) is 24.3 Å². The lowest BCUT2D eigenvalue weighted by Crippen LogP contribution is -2.45. The molecule has 0 radical (unpaired) electrons. The zero-order chi connectivity index (χ0) is 15.8. The van der Waals surface area contributed by atoms with Crippen molar-refractivity contribution in [3.05, 3.63) is 29.8 Å². The zero-order valence-corrected chi connectivity index (χ0v) is 12.5. The molecule has 1 unspecified atom stereocenters. The van der Waals surface area contributed by atoms with Crippen molar-refractivity contribution in [2.24, 2.45) is 0 Å². The number of ketones is 1. The van der Waals surface area contributed by atoms with E-state index in [4.69, 9.17) is 0 Å². The predicted octanol–water partition coefficient (Wildman–Crippen LogP) is 1.93. The Hall–Kier alpha value is -2.37. The first-order valence-electron chi connectivity index (χ1n) is 6.88. The lowest BCUT2D eigenvalue weighted by molar-refractivity contribution is -0.118. The van der Waals surface area contributed by atoms with Gasteiger partial charge in [-0.3, -0.25) is 14.9 Å². The van der Waals surface area contributed by atoms with Gasteiger partial charge in [0.25, 0.3) is 0 Å². The first-order chi connectivity index (χ1) is 9.93. The minimum atomic E-state index is -0.518. The molecule has 0 fully saturated rings. The lowest BCUT2D eigenvalue weighted by atomic mass is 10.1. The smallest absolute Gasteiger partial charge is 0.321 e. The van der Waals surface area contributed by atoms with Crippen LogP contribution in [0.1, 0.15) is 37.6 Å². The van der Waals surface area contributed by atoms with Crippen molar-refractivity contribution in [1.82, 2.24) is 10.6 Å². The number of carbonyl (C=O) groups excluding carboxylic acids is 3. The molecule has 0 spiro atoms. The van der Waals surface area contributed by atoms with Crippen LogP contribution in [0.3, 0.4) is 0 Å². The third-order valence-corrected chi connectivity index (χ3v) is 2.99. The summed E-state index contributed by atoms with van der Waals surface area (Å²) in [7, 11) is 0. The van der Waals surface area contributed by atoms with Crippen molar-refractivity contribution in [2.75, 3.05) is 11.9 Å². The Kier molecular flexibility index (Phi) is 6.39. The molecule has 0 aliphatic heterocycles. The molecule has 3 N–H and O–H groups in total. The Bertz CT molecular complexity index is 529. The topological polar surface area (TPSA) is 87.3 Å². The Morgan fingerprint density at radius 3 is 2.48 bits per heavy atom. The molecule has 1 aromatic carbocycles. The van der Waals surface area contributed by atoms with Gasteiger partial charge in [-0.05, 0) is 32.4 Å². The van der Waals surface area contributed by atoms with E-state index in [0.29, 0.717) is 11.3 Å². The molecule has 0 saturated carbocycles. The van der Waals surface area contributed by atoms with E-state index in [1.54, 1.807) is 24.3 Å². The van der Waals surface area contributed by atoms with E-state index in [2.05, 4.69) is 16.0 Å². The van der Waals surface area contributed by atoms with Crippen LogP contribution in [0, 0.1) is 0 Å². The van der Waals surface area contributed by atoms with Crippen LogP contribution in [-0.4, -0.2) is 30.3 Å². The largest absolute Gasteiger partial charge is 0.376 e. The Labute approximate surface area is 124 Å². The molecule has 1 rings (SSSR count). The van der Waals surface area contributed by atoms with Crippen LogP contribution in [0.25, 0.3) is 0 Å². The third kappa shape index (κ3) is 5.64. The number of amides is 3. The van der Waals surface area contributed by atoms with Crippen LogP contribution < -0.4 is 16.0 Å². The summed E-state index contributed by atoms with van der Waals surface area (Å²) >= 11 is 0. The number of hydrogen-bond donors (Lipinski definition) is 3. The predicted molar refractivity (Wildman–Crippen MR) is 81.4 cm³/mol. The first-order valence-corrected chi connectivity index (χ1v) is 6.88. The van der Waals surface area contributed by atoms with Crippen molar-refractivity contribution in [1.29, 1.82) is 0 Å². The molecule has 0 bridgehead atoms. The summed E-state index contributed by atoms with van der Waals surface area (Å²) in [5.74, 6) is -0.554. The van der Waals surface area contributed by atoms with Gasteiger partial charge in [0.15, 0.2) is 5.78 Å². The summed E-state index contributed by atoms with van der Waals surface area (Å²) in [4.78, 5) is 34.6. The molecule has 1 aromatic rings. The fraction of sp³-hybridized carbons (Fsp3) is 0.400. The second-order valence-corrected chi connectivity index (χ2v) is 4.79. The summed E-state index contributed by atoms with van der Waals surface area (Å²) in [6.45, 7) is 5.16. The number of benzene rings is 1. The zero-order valence-electron chi connectivity index (χ0n) is 12.5. The number of carbonyl (C=O) groups is 3. The molecule has 0 saturated heterocycles. The van der Waals surface area contributed by atoms with Crippen LogP contribution in [-0.2, 0) is 4.79 Å². The molecular formula is C15H21N3O3. The summed E-state index contributed by atoms with van der Waals surface area (Å²) in [6, 6.07) is 6.39. The molecule has 114 valence electrons. The van der Waals surface area contributed by atoms with E-state index >= 15 is 0 Å². The van der Waals surface area contributed by atoms with Crippen LogP contribution in [0.4, 0.5) is 10.5 Å². The quantitative estimate of drug-likeness (QED) is 0.699. The van der Waals surface area contributed by atoms with E-state index in [-0.39, 0.29) is 18.4 Å². The van der Waals surface area contributed by atoms with Crippen molar-refractivity contribution in [3.63, 3.8) is 0 Å². The van der Waals surface area contributed by atoms with E-state index in [1.807, 2.05) is 13.8 Å². The number of Topliss-reactive ketones (excluding diaryl/α,β-unsaturated/α-hetero) is 1. The Morgan fingerprint density at radius 1 is 1.19 bits per heavy atom. The highest BCUT2D eigenvalue weighted by molar-refractivity contribution is 6.01. The van der Waals surface area contributed by atoms with Gasteiger partial charge in [-0.15, -0.1) is 0 Å². The van der Waals surface area contributed by atoms with Gasteiger partial charge < -0.3 is 10.6 Å². The monoisotopic (exact) mass is 291 g/mol. The maximum atomic E-state index is 11.7. The molecule has 0 heterocycles. The number of nitrogens with one attached hydrogen (secondary N) is 3. The van der Waals surface area contributed by atoms with Crippen molar-refractivity contribution in [2.45, 2.75) is 33.2 Å². The Balaban J connectivity index is 2.50. The number of hydrogen-bond acceptors (Lipinski definition) is 4. The lowest BCUT2D eigenvalue weighted by Gasteiger charge is -2.13. The van der Waals surface area contributed by atoms with Gasteiger partial charge in [0.1, 0.15) is 0 Å². The van der Waals surface area contributed by atoms with Gasteiger partial charge >= 0.3 is 6.03 Å². The van der Waals surface area contributed by atoms with Gasteiger partial charge in [-0.25, -0.2) is 4.79 Å². The SMILES string of the molecule is CCC(C)NC(=O)NC(=O)CNc1ccccc1C(C)=O. The van der Waals surface area contributed by atoms with Crippen LogP contribution in [0.2, 0.25) is 0 Å². The molecule has 0 aliphatic carbocycles. The highest BCUT2D eigenvalue weighted by atomic mass is 16.2. The van der Waals surface area contributed by atoms with Crippen molar-refractivity contribution < 1.29 is 14.4 Å².